The number of thiophene rings is 1. The van der Waals surface area contributed by atoms with Crippen molar-refractivity contribution in [1.29, 1.82) is 0 Å². The quantitative estimate of drug-likeness (QED) is 0.538. The first-order valence-electron chi connectivity index (χ1n) is 10.0. The number of para-hydroxylation sites is 1. The minimum Gasteiger partial charge on any atom is -0.368 e. The zero-order valence-electron chi connectivity index (χ0n) is 16.9. The van der Waals surface area contributed by atoms with Crippen LogP contribution < -0.4 is 16.4 Å². The summed E-state index contributed by atoms with van der Waals surface area (Å²) in [5.74, 6) is 0.242. The molecule has 3 amide bonds. The second-order valence-corrected chi connectivity index (χ2v) is 8.71. The molecule has 3 heterocycles. The van der Waals surface area contributed by atoms with E-state index in [-0.39, 0.29) is 30.2 Å². The maximum Gasteiger partial charge on any atom is 0.325 e. The van der Waals surface area contributed by atoms with E-state index in [4.69, 9.17) is 5.73 Å². The molecular formula is C21H21N7O2S. The fourth-order valence-electron chi connectivity index (χ4n) is 4.22. The molecule has 1 spiro atoms. The van der Waals surface area contributed by atoms with Gasteiger partial charge < -0.3 is 16.4 Å². The summed E-state index contributed by atoms with van der Waals surface area (Å²) in [6, 6.07) is 9.19. The zero-order chi connectivity index (χ0) is 21.6. The number of aromatic nitrogens is 3. The maximum atomic E-state index is 13.4. The lowest BCUT2D eigenvalue weighted by Crippen LogP contribution is -2.46. The van der Waals surface area contributed by atoms with Crippen LogP contribution in [0.2, 0.25) is 0 Å². The van der Waals surface area contributed by atoms with Gasteiger partial charge in [0.15, 0.2) is 5.82 Å². The van der Waals surface area contributed by atoms with E-state index in [0.29, 0.717) is 6.42 Å². The highest BCUT2D eigenvalue weighted by atomic mass is 32.1. The number of benzene rings is 1. The Hall–Kier alpha value is -3.53. The number of anilines is 3. The third-order valence-electron chi connectivity index (χ3n) is 5.73. The minimum atomic E-state index is -0.995. The van der Waals surface area contributed by atoms with Gasteiger partial charge in [0.05, 0.1) is 6.54 Å². The van der Waals surface area contributed by atoms with Crippen molar-refractivity contribution in [3.8, 4) is 0 Å². The molecule has 1 aromatic carbocycles. The number of hydrogen-bond donors (Lipinski definition) is 3. The number of carbonyl (C=O) groups is 2. The zero-order valence-corrected chi connectivity index (χ0v) is 17.7. The number of nitrogen functional groups attached to an aromatic ring is 1. The highest BCUT2D eigenvalue weighted by molar-refractivity contribution is 7.10. The summed E-state index contributed by atoms with van der Waals surface area (Å²) < 4.78 is 0. The van der Waals surface area contributed by atoms with Gasteiger partial charge in [0.25, 0.3) is 5.91 Å². The van der Waals surface area contributed by atoms with Crippen LogP contribution >= 0.6 is 11.3 Å². The van der Waals surface area contributed by atoms with Crippen LogP contribution in [0.5, 0.6) is 0 Å². The van der Waals surface area contributed by atoms with Gasteiger partial charge in [0, 0.05) is 16.1 Å². The van der Waals surface area contributed by atoms with Crippen LogP contribution in [0.1, 0.15) is 34.7 Å². The number of imide groups is 1. The molecular weight excluding hydrogens is 414 g/mol. The number of nitrogens with one attached hydrogen (secondary N) is 2. The van der Waals surface area contributed by atoms with Gasteiger partial charge in [-0.2, -0.15) is 15.0 Å². The Morgan fingerprint density at radius 1 is 1.23 bits per heavy atom. The molecule has 1 atom stereocenters. The lowest BCUT2D eigenvalue weighted by Gasteiger charge is -2.31. The lowest BCUT2D eigenvalue weighted by molar-refractivity contribution is -0.132. The van der Waals surface area contributed by atoms with Crippen molar-refractivity contribution >= 4 is 40.9 Å². The van der Waals surface area contributed by atoms with Gasteiger partial charge in [0.2, 0.25) is 11.9 Å². The van der Waals surface area contributed by atoms with Gasteiger partial charge in [-0.15, -0.1) is 11.3 Å². The van der Waals surface area contributed by atoms with E-state index in [1.807, 2.05) is 42.6 Å². The first kappa shape index (κ1) is 19.4. The molecule has 10 heteroatoms. The molecule has 1 fully saturated rings. The van der Waals surface area contributed by atoms with E-state index in [1.165, 1.54) is 4.90 Å². The fraction of sp³-hybridized carbons (Fsp3) is 0.286. The van der Waals surface area contributed by atoms with Crippen molar-refractivity contribution < 1.29 is 9.59 Å². The number of amides is 3. The molecule has 31 heavy (non-hydrogen) atoms. The number of carbonyl (C=O) groups excluding carboxylic acids is 2. The number of rotatable bonds is 4. The van der Waals surface area contributed by atoms with Crippen LogP contribution in [0.4, 0.5) is 22.4 Å². The number of nitrogens with two attached hydrogens (primary N) is 1. The second-order valence-electron chi connectivity index (χ2n) is 7.71. The molecule has 158 valence electrons. The predicted molar refractivity (Wildman–Crippen MR) is 117 cm³/mol. The molecule has 2 aromatic heterocycles. The van der Waals surface area contributed by atoms with Crippen LogP contribution in [0, 0.1) is 6.92 Å². The third-order valence-corrected chi connectivity index (χ3v) is 6.71. The monoisotopic (exact) mass is 435 g/mol. The minimum absolute atomic E-state index is 0.0145. The van der Waals surface area contributed by atoms with Gasteiger partial charge in [-0.3, -0.25) is 9.69 Å². The van der Waals surface area contributed by atoms with E-state index >= 15 is 0 Å². The average molecular weight is 436 g/mol. The molecule has 9 nitrogen and oxygen atoms in total. The van der Waals surface area contributed by atoms with Crippen LogP contribution in [0.25, 0.3) is 0 Å². The fourth-order valence-corrected chi connectivity index (χ4v) is 5.22. The van der Waals surface area contributed by atoms with Crippen LogP contribution in [-0.2, 0) is 23.3 Å². The molecule has 0 radical (unpaired) electrons. The van der Waals surface area contributed by atoms with Crippen molar-refractivity contribution in [2.75, 3.05) is 11.1 Å². The Bertz CT molecular complexity index is 1190. The molecule has 3 aromatic rings. The largest absolute Gasteiger partial charge is 0.368 e. The first-order chi connectivity index (χ1) is 15.0. The van der Waals surface area contributed by atoms with E-state index < -0.39 is 11.6 Å². The van der Waals surface area contributed by atoms with Crippen molar-refractivity contribution in [3.63, 3.8) is 0 Å². The Labute approximate surface area is 182 Å². The molecule has 1 aliphatic heterocycles. The van der Waals surface area contributed by atoms with Gasteiger partial charge in [-0.05, 0) is 49.3 Å². The standard InChI is InChI=1S/C21H21N7O2S/c1-12-5-2-3-6-14(12)23-19-25-16(24-18(22)26-19)11-28-17(29)21(27-20(28)30)9-4-7-15-13(21)8-10-31-15/h2-3,5-6,8,10H,4,7,9,11H2,1H3,(H,27,30)(H3,22,23,24,25,26)/t21-/m0/s1. The number of hydrogen-bond acceptors (Lipinski definition) is 8. The van der Waals surface area contributed by atoms with Crippen molar-refractivity contribution in [2.24, 2.45) is 0 Å². The summed E-state index contributed by atoms with van der Waals surface area (Å²) in [4.78, 5) is 41.1. The van der Waals surface area contributed by atoms with E-state index in [9.17, 15) is 9.59 Å². The van der Waals surface area contributed by atoms with Gasteiger partial charge in [0.1, 0.15) is 5.54 Å². The number of urea groups is 1. The van der Waals surface area contributed by atoms with Crippen LogP contribution in [0.15, 0.2) is 35.7 Å². The molecule has 2 aliphatic rings. The SMILES string of the molecule is Cc1ccccc1Nc1nc(N)nc(CN2C(=O)N[C@]3(CCCc4sccc43)C2=O)n1. The summed E-state index contributed by atoms with van der Waals surface area (Å²) in [5, 5.41) is 8.02. The normalized spacial score (nSPS) is 20.1. The number of fused-ring (bicyclic) bond motifs is 2. The third kappa shape index (κ3) is 3.28. The molecule has 1 saturated heterocycles. The summed E-state index contributed by atoms with van der Waals surface area (Å²) >= 11 is 1.62. The Morgan fingerprint density at radius 2 is 2.06 bits per heavy atom. The Balaban J connectivity index is 1.42. The highest BCUT2D eigenvalue weighted by Gasteiger charge is 2.54. The maximum absolute atomic E-state index is 13.4. The summed E-state index contributed by atoms with van der Waals surface area (Å²) in [5.41, 5.74) is 7.64. The van der Waals surface area contributed by atoms with Crippen molar-refractivity contribution in [2.45, 2.75) is 38.3 Å². The topological polar surface area (TPSA) is 126 Å². The molecule has 5 rings (SSSR count). The van der Waals surface area contributed by atoms with Gasteiger partial charge >= 0.3 is 6.03 Å². The second kappa shape index (κ2) is 7.31. The summed E-state index contributed by atoms with van der Waals surface area (Å²) in [7, 11) is 0. The van der Waals surface area contributed by atoms with E-state index in [1.54, 1.807) is 11.3 Å². The molecule has 0 bridgehead atoms. The first-order valence-corrected chi connectivity index (χ1v) is 10.9. The van der Waals surface area contributed by atoms with Crippen molar-refractivity contribution in [3.05, 3.63) is 57.5 Å². The molecule has 0 saturated carbocycles. The van der Waals surface area contributed by atoms with Gasteiger partial charge in [-0.25, -0.2) is 4.79 Å². The Morgan fingerprint density at radius 3 is 2.90 bits per heavy atom. The average Bonchev–Trinajstić information content (AvgIpc) is 3.30. The van der Waals surface area contributed by atoms with Crippen LogP contribution in [0.3, 0.4) is 0 Å². The van der Waals surface area contributed by atoms with Crippen molar-refractivity contribution in [1.82, 2.24) is 25.2 Å². The summed E-state index contributed by atoms with van der Waals surface area (Å²) in [6.45, 7) is 1.88. The molecule has 4 N–H and O–H groups in total. The molecule has 0 unspecified atom stereocenters. The van der Waals surface area contributed by atoms with E-state index in [2.05, 4.69) is 25.6 Å². The number of nitrogens with zero attached hydrogens (tertiary/aromatic N) is 4. The van der Waals surface area contributed by atoms with Gasteiger partial charge in [-0.1, -0.05) is 18.2 Å². The van der Waals surface area contributed by atoms with E-state index in [0.717, 1.165) is 34.5 Å². The molecule has 1 aliphatic carbocycles. The number of aryl methyl sites for hydroxylation is 2. The highest BCUT2D eigenvalue weighted by Crippen LogP contribution is 2.42. The smallest absolute Gasteiger partial charge is 0.325 e. The predicted octanol–water partition coefficient (Wildman–Crippen LogP) is 2.85. The summed E-state index contributed by atoms with van der Waals surface area (Å²) in [6.07, 6.45) is 2.35. The lowest BCUT2D eigenvalue weighted by atomic mass is 9.80. The van der Waals surface area contributed by atoms with Crippen LogP contribution in [-0.4, -0.2) is 31.8 Å². The Kier molecular flexibility index (Phi) is 4.58.